The SMILES string of the molecule is Oc1ccc(C(Cl)(Cl)c2ccccc2)cc1. The predicted molar refractivity (Wildman–Crippen MR) is 67.0 cm³/mol. The van der Waals surface area contributed by atoms with E-state index in [2.05, 4.69) is 0 Å². The molecule has 3 heteroatoms. The van der Waals surface area contributed by atoms with Gasteiger partial charge in [0.15, 0.2) is 4.33 Å². The quantitative estimate of drug-likeness (QED) is 0.800. The molecule has 0 bridgehead atoms. The molecule has 2 aromatic rings. The van der Waals surface area contributed by atoms with Crippen molar-refractivity contribution in [2.45, 2.75) is 4.33 Å². The van der Waals surface area contributed by atoms with E-state index in [1.807, 2.05) is 30.3 Å². The Balaban J connectivity index is 2.43. The molecule has 0 radical (unpaired) electrons. The van der Waals surface area contributed by atoms with Gasteiger partial charge in [0.05, 0.1) is 0 Å². The largest absolute Gasteiger partial charge is 0.508 e. The molecule has 2 aromatic carbocycles. The molecule has 0 fully saturated rings. The molecule has 82 valence electrons. The van der Waals surface area contributed by atoms with E-state index < -0.39 is 4.33 Å². The highest BCUT2D eigenvalue weighted by Gasteiger charge is 2.28. The molecular weight excluding hydrogens is 243 g/mol. The zero-order valence-electron chi connectivity index (χ0n) is 8.40. The van der Waals surface area contributed by atoms with Gasteiger partial charge in [-0.25, -0.2) is 0 Å². The molecule has 0 spiro atoms. The van der Waals surface area contributed by atoms with E-state index in [4.69, 9.17) is 23.2 Å². The number of hydrogen-bond donors (Lipinski definition) is 1. The van der Waals surface area contributed by atoms with Gasteiger partial charge < -0.3 is 5.11 Å². The average Bonchev–Trinajstić information content (AvgIpc) is 2.31. The van der Waals surface area contributed by atoms with Crippen LogP contribution in [-0.2, 0) is 4.33 Å². The van der Waals surface area contributed by atoms with Crippen LogP contribution in [0.3, 0.4) is 0 Å². The standard InChI is InChI=1S/C13H10Cl2O/c14-13(15,10-4-2-1-3-5-10)11-6-8-12(16)9-7-11/h1-9,16H. The molecule has 0 aliphatic rings. The molecule has 2 rings (SSSR count). The van der Waals surface area contributed by atoms with Crippen molar-refractivity contribution in [2.75, 3.05) is 0 Å². The molecule has 0 aliphatic heterocycles. The van der Waals surface area contributed by atoms with Crippen LogP contribution in [-0.4, -0.2) is 5.11 Å². The smallest absolute Gasteiger partial charge is 0.168 e. The van der Waals surface area contributed by atoms with Gasteiger partial charge in [0.25, 0.3) is 0 Å². The fraction of sp³-hybridized carbons (Fsp3) is 0.0769. The van der Waals surface area contributed by atoms with Gasteiger partial charge in [-0.05, 0) is 23.3 Å². The zero-order chi connectivity index (χ0) is 11.6. The Morgan fingerprint density at radius 1 is 0.750 bits per heavy atom. The zero-order valence-corrected chi connectivity index (χ0v) is 9.91. The van der Waals surface area contributed by atoms with Crippen molar-refractivity contribution in [2.24, 2.45) is 0 Å². The van der Waals surface area contributed by atoms with Crippen molar-refractivity contribution in [3.05, 3.63) is 65.7 Å². The summed E-state index contributed by atoms with van der Waals surface area (Å²) in [5.74, 6) is 0.195. The van der Waals surface area contributed by atoms with Gasteiger partial charge in [-0.15, -0.1) is 0 Å². The highest BCUT2D eigenvalue weighted by atomic mass is 35.5. The summed E-state index contributed by atoms with van der Waals surface area (Å²) >= 11 is 12.6. The van der Waals surface area contributed by atoms with Gasteiger partial charge in [0.1, 0.15) is 5.75 Å². The van der Waals surface area contributed by atoms with Crippen molar-refractivity contribution in [1.82, 2.24) is 0 Å². The van der Waals surface area contributed by atoms with Crippen LogP contribution in [0.5, 0.6) is 5.75 Å². The third-order valence-corrected chi connectivity index (χ3v) is 3.24. The number of alkyl halides is 2. The number of hydrogen-bond acceptors (Lipinski definition) is 1. The van der Waals surface area contributed by atoms with E-state index >= 15 is 0 Å². The van der Waals surface area contributed by atoms with Crippen molar-refractivity contribution < 1.29 is 5.11 Å². The lowest BCUT2D eigenvalue weighted by molar-refractivity contribution is 0.475. The second kappa shape index (κ2) is 4.36. The average molecular weight is 253 g/mol. The lowest BCUT2D eigenvalue weighted by Crippen LogP contribution is -2.11. The summed E-state index contributed by atoms with van der Waals surface area (Å²) in [6.07, 6.45) is 0. The molecule has 0 atom stereocenters. The topological polar surface area (TPSA) is 20.2 Å². The van der Waals surface area contributed by atoms with Gasteiger partial charge in [-0.3, -0.25) is 0 Å². The van der Waals surface area contributed by atoms with Gasteiger partial charge >= 0.3 is 0 Å². The van der Waals surface area contributed by atoms with Crippen LogP contribution in [0.2, 0.25) is 0 Å². The number of rotatable bonds is 2. The molecule has 0 aromatic heterocycles. The first-order valence-corrected chi connectivity index (χ1v) is 5.59. The normalized spacial score (nSPS) is 11.4. The van der Waals surface area contributed by atoms with Gasteiger partial charge in [0.2, 0.25) is 0 Å². The lowest BCUT2D eigenvalue weighted by atomic mass is 10.0. The summed E-state index contributed by atoms with van der Waals surface area (Å²) in [5, 5.41) is 9.21. The van der Waals surface area contributed by atoms with Crippen LogP contribution in [0.1, 0.15) is 11.1 Å². The highest BCUT2D eigenvalue weighted by Crippen LogP contribution is 2.40. The number of aromatic hydroxyl groups is 1. The van der Waals surface area contributed by atoms with Crippen LogP contribution in [0.15, 0.2) is 54.6 Å². The Hall–Kier alpha value is -1.18. The molecule has 0 amide bonds. The number of phenols is 1. The van der Waals surface area contributed by atoms with Crippen molar-refractivity contribution in [3.8, 4) is 5.75 Å². The molecule has 1 nitrogen and oxygen atoms in total. The van der Waals surface area contributed by atoms with Crippen LogP contribution in [0.25, 0.3) is 0 Å². The first-order valence-electron chi connectivity index (χ1n) is 4.83. The minimum absolute atomic E-state index is 0.195. The monoisotopic (exact) mass is 252 g/mol. The summed E-state index contributed by atoms with van der Waals surface area (Å²) in [4.78, 5) is 0. The molecule has 0 saturated heterocycles. The maximum absolute atomic E-state index is 9.21. The minimum atomic E-state index is -1.09. The van der Waals surface area contributed by atoms with E-state index in [1.54, 1.807) is 24.3 Å². The van der Waals surface area contributed by atoms with Crippen LogP contribution in [0.4, 0.5) is 0 Å². The van der Waals surface area contributed by atoms with Gasteiger partial charge in [-0.1, -0.05) is 65.7 Å². The lowest BCUT2D eigenvalue weighted by Gasteiger charge is -2.20. The fourth-order valence-electron chi connectivity index (χ4n) is 1.48. The Labute approximate surface area is 104 Å². The molecule has 0 saturated carbocycles. The third kappa shape index (κ3) is 2.16. The van der Waals surface area contributed by atoms with Crippen molar-refractivity contribution >= 4 is 23.2 Å². The maximum atomic E-state index is 9.21. The molecule has 0 unspecified atom stereocenters. The molecule has 16 heavy (non-hydrogen) atoms. The van der Waals surface area contributed by atoms with E-state index in [0.29, 0.717) is 0 Å². The second-order valence-corrected chi connectivity index (χ2v) is 4.81. The molecule has 0 heterocycles. The van der Waals surface area contributed by atoms with E-state index in [-0.39, 0.29) is 5.75 Å². The Kier molecular flexibility index (Phi) is 3.08. The highest BCUT2D eigenvalue weighted by molar-refractivity contribution is 6.50. The molecule has 0 aliphatic carbocycles. The molecular formula is C13H10Cl2O. The number of halogens is 2. The van der Waals surface area contributed by atoms with Gasteiger partial charge in [0, 0.05) is 0 Å². The summed E-state index contributed by atoms with van der Waals surface area (Å²) < 4.78 is -1.09. The van der Waals surface area contributed by atoms with E-state index in [0.717, 1.165) is 11.1 Å². The summed E-state index contributed by atoms with van der Waals surface area (Å²) in [6, 6.07) is 16.0. The third-order valence-electron chi connectivity index (χ3n) is 2.37. The second-order valence-electron chi connectivity index (χ2n) is 3.49. The number of benzene rings is 2. The number of phenolic OH excluding ortho intramolecular Hbond substituents is 1. The summed E-state index contributed by atoms with van der Waals surface area (Å²) in [5.41, 5.74) is 1.55. The maximum Gasteiger partial charge on any atom is 0.168 e. The van der Waals surface area contributed by atoms with Crippen LogP contribution >= 0.6 is 23.2 Å². The van der Waals surface area contributed by atoms with Gasteiger partial charge in [-0.2, -0.15) is 0 Å². The first kappa shape index (κ1) is 11.3. The van der Waals surface area contributed by atoms with E-state index in [1.165, 1.54) is 0 Å². The summed E-state index contributed by atoms with van der Waals surface area (Å²) in [6.45, 7) is 0. The Morgan fingerprint density at radius 2 is 1.25 bits per heavy atom. The minimum Gasteiger partial charge on any atom is -0.508 e. The Bertz CT molecular complexity index is 463. The van der Waals surface area contributed by atoms with Crippen molar-refractivity contribution in [1.29, 1.82) is 0 Å². The van der Waals surface area contributed by atoms with Crippen LogP contribution < -0.4 is 0 Å². The molecule has 1 N–H and O–H groups in total. The fourth-order valence-corrected chi connectivity index (χ4v) is 1.99. The summed E-state index contributed by atoms with van der Waals surface area (Å²) in [7, 11) is 0. The van der Waals surface area contributed by atoms with Crippen molar-refractivity contribution in [3.63, 3.8) is 0 Å². The first-order chi connectivity index (χ1) is 7.60. The van der Waals surface area contributed by atoms with E-state index in [9.17, 15) is 5.11 Å². The Morgan fingerprint density at radius 3 is 1.81 bits per heavy atom. The predicted octanol–water partition coefficient (Wildman–Crippen LogP) is 4.07. The van der Waals surface area contributed by atoms with Crippen LogP contribution in [0, 0.1) is 0 Å².